The Hall–Kier alpha value is -1.06. The molecular formula is C16H29NO3. The van der Waals surface area contributed by atoms with Crippen molar-refractivity contribution in [3.05, 3.63) is 0 Å². The molecule has 0 radical (unpaired) electrons. The molecule has 0 aromatic heterocycles. The standard InChI is InChI=1S/C16H29NO3/c1-4-13(12(2)3)10-16(19)20-11-15(18)17-14-8-6-5-7-9-14/h12-14H,4-11H2,1-3H3,(H,17,18). The topological polar surface area (TPSA) is 55.4 Å². The van der Waals surface area contributed by atoms with Gasteiger partial charge in [-0.25, -0.2) is 0 Å². The molecule has 20 heavy (non-hydrogen) atoms. The van der Waals surface area contributed by atoms with Gasteiger partial charge < -0.3 is 10.1 Å². The van der Waals surface area contributed by atoms with Gasteiger partial charge in [0.25, 0.3) is 5.91 Å². The molecule has 4 heteroatoms. The predicted octanol–water partition coefficient (Wildman–Crippen LogP) is 3.05. The Bertz CT molecular complexity index is 309. The van der Waals surface area contributed by atoms with Crippen LogP contribution in [0, 0.1) is 11.8 Å². The monoisotopic (exact) mass is 283 g/mol. The highest BCUT2D eigenvalue weighted by Gasteiger charge is 2.19. The Balaban J connectivity index is 2.20. The van der Waals surface area contributed by atoms with Gasteiger partial charge in [-0.05, 0) is 24.7 Å². The lowest BCUT2D eigenvalue weighted by molar-refractivity contribution is -0.150. The number of amides is 1. The van der Waals surface area contributed by atoms with Crippen molar-refractivity contribution < 1.29 is 14.3 Å². The van der Waals surface area contributed by atoms with E-state index < -0.39 is 0 Å². The number of nitrogens with one attached hydrogen (secondary N) is 1. The maximum atomic E-state index is 11.7. The van der Waals surface area contributed by atoms with Crippen LogP contribution in [0.1, 0.15) is 65.7 Å². The third-order valence-corrected chi connectivity index (χ3v) is 4.23. The van der Waals surface area contributed by atoms with Crippen LogP contribution in [0.25, 0.3) is 0 Å². The fourth-order valence-corrected chi connectivity index (χ4v) is 2.79. The van der Waals surface area contributed by atoms with Crippen LogP contribution in [0.4, 0.5) is 0 Å². The molecule has 0 heterocycles. The minimum absolute atomic E-state index is 0.135. The molecule has 1 N–H and O–H groups in total. The molecule has 1 amide bonds. The third kappa shape index (κ3) is 6.40. The molecule has 0 aliphatic heterocycles. The van der Waals surface area contributed by atoms with Crippen LogP contribution in [0.3, 0.4) is 0 Å². The SMILES string of the molecule is CCC(CC(=O)OCC(=O)NC1CCCCC1)C(C)C. The second-order valence-corrected chi connectivity index (χ2v) is 6.18. The molecule has 1 fully saturated rings. The van der Waals surface area contributed by atoms with Gasteiger partial charge in [0.1, 0.15) is 0 Å². The zero-order chi connectivity index (χ0) is 15.0. The molecule has 0 saturated heterocycles. The Labute approximate surface area is 122 Å². The van der Waals surface area contributed by atoms with Crippen molar-refractivity contribution in [2.75, 3.05) is 6.61 Å². The average molecular weight is 283 g/mol. The van der Waals surface area contributed by atoms with E-state index in [0.717, 1.165) is 19.3 Å². The largest absolute Gasteiger partial charge is 0.456 e. The Kier molecular flexibility index (Phi) is 7.63. The predicted molar refractivity (Wildman–Crippen MR) is 79.2 cm³/mol. The summed E-state index contributed by atoms with van der Waals surface area (Å²) in [5.41, 5.74) is 0. The van der Waals surface area contributed by atoms with E-state index in [1.165, 1.54) is 19.3 Å². The van der Waals surface area contributed by atoms with Crippen molar-refractivity contribution >= 4 is 11.9 Å². The molecule has 1 atom stereocenters. The molecule has 1 rings (SSSR count). The van der Waals surface area contributed by atoms with Crippen LogP contribution in [-0.2, 0) is 14.3 Å². The van der Waals surface area contributed by atoms with Crippen molar-refractivity contribution in [1.82, 2.24) is 5.32 Å². The quantitative estimate of drug-likeness (QED) is 0.731. The fourth-order valence-electron chi connectivity index (χ4n) is 2.79. The number of rotatable bonds is 7. The summed E-state index contributed by atoms with van der Waals surface area (Å²) in [6.45, 7) is 6.16. The highest BCUT2D eigenvalue weighted by Crippen LogP contribution is 2.19. The molecule has 1 aliphatic carbocycles. The van der Waals surface area contributed by atoms with Gasteiger partial charge in [0.2, 0.25) is 0 Å². The number of hydrogen-bond acceptors (Lipinski definition) is 3. The summed E-state index contributed by atoms with van der Waals surface area (Å²) in [6, 6.07) is 0.272. The minimum atomic E-state index is -0.260. The average Bonchev–Trinajstić information content (AvgIpc) is 2.43. The van der Waals surface area contributed by atoms with E-state index >= 15 is 0 Å². The molecule has 0 bridgehead atoms. The van der Waals surface area contributed by atoms with Crippen molar-refractivity contribution in [3.63, 3.8) is 0 Å². The molecule has 0 aromatic rings. The zero-order valence-electron chi connectivity index (χ0n) is 13.1. The van der Waals surface area contributed by atoms with Gasteiger partial charge in [-0.2, -0.15) is 0 Å². The first-order valence-corrected chi connectivity index (χ1v) is 7.97. The highest BCUT2D eigenvalue weighted by atomic mass is 16.5. The second kappa shape index (κ2) is 8.98. The molecule has 4 nitrogen and oxygen atoms in total. The van der Waals surface area contributed by atoms with Crippen LogP contribution >= 0.6 is 0 Å². The summed E-state index contributed by atoms with van der Waals surface area (Å²) in [5.74, 6) is 0.375. The lowest BCUT2D eigenvalue weighted by atomic mass is 9.90. The van der Waals surface area contributed by atoms with Crippen LogP contribution in [-0.4, -0.2) is 24.5 Å². The normalized spacial score (nSPS) is 17.8. The number of esters is 1. The molecule has 116 valence electrons. The molecule has 0 spiro atoms. The Morgan fingerprint density at radius 2 is 1.85 bits per heavy atom. The van der Waals surface area contributed by atoms with E-state index in [1.807, 2.05) is 0 Å². The van der Waals surface area contributed by atoms with E-state index in [2.05, 4.69) is 26.1 Å². The summed E-state index contributed by atoms with van der Waals surface area (Å²) >= 11 is 0. The van der Waals surface area contributed by atoms with E-state index in [-0.39, 0.29) is 24.5 Å². The van der Waals surface area contributed by atoms with E-state index in [4.69, 9.17) is 4.74 Å². The van der Waals surface area contributed by atoms with Gasteiger partial charge in [0.15, 0.2) is 6.61 Å². The molecule has 1 saturated carbocycles. The number of carbonyl (C=O) groups is 2. The van der Waals surface area contributed by atoms with Gasteiger partial charge in [-0.15, -0.1) is 0 Å². The summed E-state index contributed by atoms with van der Waals surface area (Å²) in [6.07, 6.45) is 7.07. The fraction of sp³-hybridized carbons (Fsp3) is 0.875. The van der Waals surface area contributed by atoms with Crippen LogP contribution in [0.2, 0.25) is 0 Å². The first-order chi connectivity index (χ1) is 9.52. The lowest BCUT2D eigenvalue weighted by Crippen LogP contribution is -2.38. The van der Waals surface area contributed by atoms with Crippen LogP contribution in [0.5, 0.6) is 0 Å². The molecule has 0 aromatic carbocycles. The molecular weight excluding hydrogens is 254 g/mol. The Morgan fingerprint density at radius 3 is 2.40 bits per heavy atom. The summed E-state index contributed by atoms with van der Waals surface area (Å²) in [5, 5.41) is 2.95. The van der Waals surface area contributed by atoms with E-state index in [1.54, 1.807) is 0 Å². The lowest BCUT2D eigenvalue weighted by Gasteiger charge is -2.22. The summed E-state index contributed by atoms with van der Waals surface area (Å²) < 4.78 is 5.08. The first-order valence-electron chi connectivity index (χ1n) is 7.97. The van der Waals surface area contributed by atoms with Gasteiger partial charge in [0.05, 0.1) is 0 Å². The number of hydrogen-bond donors (Lipinski definition) is 1. The minimum Gasteiger partial charge on any atom is -0.456 e. The molecule has 1 unspecified atom stereocenters. The van der Waals surface area contributed by atoms with Gasteiger partial charge >= 0.3 is 5.97 Å². The van der Waals surface area contributed by atoms with Crippen LogP contribution in [0.15, 0.2) is 0 Å². The molecule has 1 aliphatic rings. The number of carbonyl (C=O) groups excluding carboxylic acids is 2. The third-order valence-electron chi connectivity index (χ3n) is 4.23. The Morgan fingerprint density at radius 1 is 1.20 bits per heavy atom. The van der Waals surface area contributed by atoms with E-state index in [9.17, 15) is 9.59 Å². The second-order valence-electron chi connectivity index (χ2n) is 6.18. The maximum absolute atomic E-state index is 11.7. The maximum Gasteiger partial charge on any atom is 0.306 e. The van der Waals surface area contributed by atoms with Crippen molar-refractivity contribution in [1.29, 1.82) is 0 Å². The van der Waals surface area contributed by atoms with Crippen molar-refractivity contribution in [3.8, 4) is 0 Å². The van der Waals surface area contributed by atoms with Gasteiger partial charge in [0, 0.05) is 12.5 Å². The zero-order valence-corrected chi connectivity index (χ0v) is 13.1. The summed E-state index contributed by atoms with van der Waals surface area (Å²) in [4.78, 5) is 23.4. The number of ether oxygens (including phenoxy) is 1. The van der Waals surface area contributed by atoms with E-state index in [0.29, 0.717) is 18.3 Å². The highest BCUT2D eigenvalue weighted by molar-refractivity contribution is 5.80. The summed E-state index contributed by atoms with van der Waals surface area (Å²) in [7, 11) is 0. The van der Waals surface area contributed by atoms with Gasteiger partial charge in [-0.1, -0.05) is 46.5 Å². The first kappa shape index (κ1) is 17.0. The van der Waals surface area contributed by atoms with Crippen molar-refractivity contribution in [2.45, 2.75) is 71.8 Å². The smallest absolute Gasteiger partial charge is 0.306 e. The van der Waals surface area contributed by atoms with Crippen molar-refractivity contribution in [2.24, 2.45) is 11.8 Å². The van der Waals surface area contributed by atoms with Gasteiger partial charge in [-0.3, -0.25) is 9.59 Å². The van der Waals surface area contributed by atoms with Crippen LogP contribution < -0.4 is 5.32 Å².